The SMILES string of the molecule is CCOC(=O)/C=C(\C)OCC#Cc1ccsc1. The second kappa shape index (κ2) is 7.53. The van der Waals surface area contributed by atoms with Crippen LogP contribution in [0.5, 0.6) is 0 Å². The summed E-state index contributed by atoms with van der Waals surface area (Å²) in [4.78, 5) is 11.1. The molecule has 90 valence electrons. The van der Waals surface area contributed by atoms with Gasteiger partial charge in [-0.25, -0.2) is 4.79 Å². The molecule has 0 aliphatic heterocycles. The van der Waals surface area contributed by atoms with Crippen LogP contribution in [-0.2, 0) is 14.3 Å². The van der Waals surface area contributed by atoms with Crippen LogP contribution in [0.1, 0.15) is 19.4 Å². The standard InChI is InChI=1S/C13H14O3S/c1-3-15-13(14)9-11(2)16-7-4-5-12-6-8-17-10-12/h6,8-10H,3,7H2,1-2H3/b11-9+. The third-order valence-corrected chi connectivity index (χ3v) is 2.42. The first-order chi connectivity index (χ1) is 8.22. The maximum Gasteiger partial charge on any atom is 0.334 e. The van der Waals surface area contributed by atoms with E-state index in [2.05, 4.69) is 11.8 Å². The molecule has 0 spiro atoms. The van der Waals surface area contributed by atoms with Crippen LogP contribution in [0.25, 0.3) is 0 Å². The first-order valence-corrected chi connectivity index (χ1v) is 6.15. The Hall–Kier alpha value is -1.73. The van der Waals surface area contributed by atoms with Crippen molar-refractivity contribution in [3.8, 4) is 11.8 Å². The van der Waals surface area contributed by atoms with Gasteiger partial charge in [-0.05, 0) is 25.3 Å². The molecule has 1 rings (SSSR count). The average molecular weight is 250 g/mol. The fourth-order valence-corrected chi connectivity index (χ4v) is 1.60. The Balaban J connectivity index is 2.33. The predicted octanol–water partition coefficient (Wildman–Crippen LogP) is 2.58. The highest BCUT2D eigenvalue weighted by Gasteiger charge is 1.97. The van der Waals surface area contributed by atoms with E-state index in [1.54, 1.807) is 25.2 Å². The van der Waals surface area contributed by atoms with Crippen molar-refractivity contribution in [2.45, 2.75) is 13.8 Å². The summed E-state index contributed by atoms with van der Waals surface area (Å²) in [5, 5.41) is 3.94. The van der Waals surface area contributed by atoms with Crippen LogP contribution >= 0.6 is 11.3 Å². The molecule has 0 radical (unpaired) electrons. The lowest BCUT2D eigenvalue weighted by molar-refractivity contribution is -0.137. The van der Waals surface area contributed by atoms with E-state index < -0.39 is 5.97 Å². The maximum absolute atomic E-state index is 11.1. The first kappa shape index (κ1) is 13.3. The fraction of sp³-hybridized carbons (Fsp3) is 0.308. The van der Waals surface area contributed by atoms with Gasteiger partial charge >= 0.3 is 5.97 Å². The number of allylic oxidation sites excluding steroid dienone is 1. The van der Waals surface area contributed by atoms with E-state index in [1.807, 2.05) is 16.8 Å². The number of rotatable bonds is 4. The van der Waals surface area contributed by atoms with Gasteiger partial charge in [0.1, 0.15) is 12.4 Å². The van der Waals surface area contributed by atoms with Crippen molar-refractivity contribution in [1.82, 2.24) is 0 Å². The van der Waals surface area contributed by atoms with E-state index in [0.717, 1.165) is 5.56 Å². The maximum atomic E-state index is 11.1. The smallest absolute Gasteiger partial charge is 0.334 e. The Morgan fingerprint density at radius 1 is 1.53 bits per heavy atom. The fourth-order valence-electron chi connectivity index (χ4n) is 1.02. The highest BCUT2D eigenvalue weighted by molar-refractivity contribution is 7.08. The van der Waals surface area contributed by atoms with E-state index >= 15 is 0 Å². The van der Waals surface area contributed by atoms with E-state index in [-0.39, 0.29) is 6.61 Å². The van der Waals surface area contributed by atoms with Crippen molar-refractivity contribution < 1.29 is 14.3 Å². The van der Waals surface area contributed by atoms with Crippen molar-refractivity contribution in [3.05, 3.63) is 34.2 Å². The molecular formula is C13H14O3S. The molecule has 1 heterocycles. The summed E-state index contributed by atoms with van der Waals surface area (Å²) in [6.45, 7) is 4.08. The Morgan fingerprint density at radius 2 is 2.35 bits per heavy atom. The quantitative estimate of drug-likeness (QED) is 0.356. The van der Waals surface area contributed by atoms with Gasteiger partial charge in [-0.3, -0.25) is 0 Å². The molecule has 0 atom stereocenters. The van der Waals surface area contributed by atoms with Gasteiger partial charge in [0.25, 0.3) is 0 Å². The number of ether oxygens (including phenoxy) is 2. The zero-order valence-electron chi connectivity index (χ0n) is 9.86. The van der Waals surface area contributed by atoms with Gasteiger partial charge in [0, 0.05) is 10.9 Å². The highest BCUT2D eigenvalue weighted by atomic mass is 32.1. The summed E-state index contributed by atoms with van der Waals surface area (Å²) < 4.78 is 10.00. The molecule has 0 aliphatic rings. The van der Waals surface area contributed by atoms with E-state index in [4.69, 9.17) is 9.47 Å². The van der Waals surface area contributed by atoms with Crippen molar-refractivity contribution in [1.29, 1.82) is 0 Å². The molecular weight excluding hydrogens is 236 g/mol. The van der Waals surface area contributed by atoms with Crippen molar-refractivity contribution in [2.75, 3.05) is 13.2 Å². The van der Waals surface area contributed by atoms with Crippen LogP contribution in [0.4, 0.5) is 0 Å². The predicted molar refractivity (Wildman–Crippen MR) is 67.5 cm³/mol. The van der Waals surface area contributed by atoms with Crippen LogP contribution in [0, 0.1) is 11.8 Å². The monoisotopic (exact) mass is 250 g/mol. The summed E-state index contributed by atoms with van der Waals surface area (Å²) in [5.41, 5.74) is 0.977. The second-order valence-electron chi connectivity index (χ2n) is 3.11. The molecule has 3 nitrogen and oxygen atoms in total. The summed E-state index contributed by atoms with van der Waals surface area (Å²) in [7, 11) is 0. The Kier molecular flexibility index (Phi) is 5.91. The molecule has 0 saturated heterocycles. The minimum absolute atomic E-state index is 0.261. The Morgan fingerprint density at radius 3 is 3.00 bits per heavy atom. The van der Waals surface area contributed by atoms with Crippen molar-refractivity contribution in [3.63, 3.8) is 0 Å². The molecule has 0 N–H and O–H groups in total. The van der Waals surface area contributed by atoms with Gasteiger partial charge in [0.2, 0.25) is 0 Å². The van der Waals surface area contributed by atoms with Crippen LogP contribution in [0.15, 0.2) is 28.7 Å². The molecule has 0 amide bonds. The number of hydrogen-bond donors (Lipinski definition) is 0. The van der Waals surface area contributed by atoms with Crippen LogP contribution in [-0.4, -0.2) is 19.2 Å². The molecule has 0 saturated carbocycles. The van der Waals surface area contributed by atoms with E-state index in [0.29, 0.717) is 12.4 Å². The average Bonchev–Trinajstić information content (AvgIpc) is 2.77. The largest absolute Gasteiger partial charge is 0.485 e. The van der Waals surface area contributed by atoms with Crippen LogP contribution < -0.4 is 0 Å². The van der Waals surface area contributed by atoms with Gasteiger partial charge in [-0.2, -0.15) is 11.3 Å². The zero-order valence-corrected chi connectivity index (χ0v) is 10.7. The second-order valence-corrected chi connectivity index (χ2v) is 3.89. The first-order valence-electron chi connectivity index (χ1n) is 5.21. The van der Waals surface area contributed by atoms with Crippen LogP contribution in [0.2, 0.25) is 0 Å². The summed E-state index contributed by atoms with van der Waals surface area (Å²) in [6, 6.07) is 1.94. The topological polar surface area (TPSA) is 35.5 Å². The lowest BCUT2D eigenvalue weighted by atomic mass is 10.3. The van der Waals surface area contributed by atoms with Gasteiger partial charge in [0.05, 0.1) is 12.7 Å². The molecule has 4 heteroatoms. The minimum atomic E-state index is -0.393. The molecule has 17 heavy (non-hydrogen) atoms. The summed E-state index contributed by atoms with van der Waals surface area (Å²) in [5.74, 6) is 5.93. The highest BCUT2D eigenvalue weighted by Crippen LogP contribution is 2.03. The van der Waals surface area contributed by atoms with Gasteiger partial charge in [-0.15, -0.1) is 0 Å². The van der Waals surface area contributed by atoms with E-state index in [9.17, 15) is 4.79 Å². The zero-order chi connectivity index (χ0) is 12.5. The lowest BCUT2D eigenvalue weighted by Crippen LogP contribution is -2.01. The number of hydrogen-bond acceptors (Lipinski definition) is 4. The van der Waals surface area contributed by atoms with Gasteiger partial charge < -0.3 is 9.47 Å². The number of esters is 1. The molecule has 0 fully saturated rings. The molecule has 1 aromatic heterocycles. The Bertz CT molecular complexity index is 435. The third kappa shape index (κ3) is 5.79. The van der Waals surface area contributed by atoms with E-state index in [1.165, 1.54) is 6.08 Å². The normalized spacial score (nSPS) is 10.4. The molecule has 0 unspecified atom stereocenters. The summed E-state index contributed by atoms with van der Waals surface area (Å²) >= 11 is 1.60. The number of carbonyl (C=O) groups excluding carboxylic acids is 1. The lowest BCUT2D eigenvalue weighted by Gasteiger charge is -2.01. The number of thiophene rings is 1. The molecule has 0 aliphatic carbocycles. The molecule has 0 bridgehead atoms. The third-order valence-electron chi connectivity index (χ3n) is 1.73. The van der Waals surface area contributed by atoms with Crippen molar-refractivity contribution in [2.24, 2.45) is 0 Å². The van der Waals surface area contributed by atoms with Gasteiger partial charge in [-0.1, -0.05) is 11.8 Å². The van der Waals surface area contributed by atoms with Crippen molar-refractivity contribution >= 4 is 17.3 Å². The Labute approximate surface area is 105 Å². The summed E-state index contributed by atoms with van der Waals surface area (Å²) in [6.07, 6.45) is 1.32. The minimum Gasteiger partial charge on any atom is -0.485 e. The number of carbonyl (C=O) groups is 1. The van der Waals surface area contributed by atoms with Crippen LogP contribution in [0.3, 0.4) is 0 Å². The van der Waals surface area contributed by atoms with Gasteiger partial charge in [0.15, 0.2) is 0 Å². The molecule has 1 aromatic rings. The molecule has 0 aromatic carbocycles.